The number of carbonyl (C=O) groups excluding carboxylic acids is 1. The molecule has 1 aliphatic carbocycles. The van der Waals surface area contributed by atoms with E-state index >= 15 is 0 Å². The lowest BCUT2D eigenvalue weighted by molar-refractivity contribution is -0.107. The average molecular weight is 263 g/mol. The van der Waals surface area contributed by atoms with Crippen molar-refractivity contribution in [2.75, 3.05) is 0 Å². The van der Waals surface area contributed by atoms with Gasteiger partial charge in [0.2, 0.25) is 0 Å². The van der Waals surface area contributed by atoms with E-state index in [1.54, 1.807) is 0 Å². The molecule has 2 heteroatoms. The summed E-state index contributed by atoms with van der Waals surface area (Å²) in [5.74, 6) is -0.163. The summed E-state index contributed by atoms with van der Waals surface area (Å²) < 4.78 is 0. The van der Waals surface area contributed by atoms with Crippen LogP contribution in [-0.4, -0.2) is 12.0 Å². The first kappa shape index (κ1) is 12.8. The summed E-state index contributed by atoms with van der Waals surface area (Å²) in [6, 6.07) is 18.4. The fourth-order valence-electron chi connectivity index (χ4n) is 2.77. The Hall–Kier alpha value is -2.22. The van der Waals surface area contributed by atoms with Crippen molar-refractivity contribution in [1.82, 2.24) is 0 Å². The lowest BCUT2D eigenvalue weighted by Crippen LogP contribution is -2.22. The Bertz CT molecular complexity index is 631. The molecule has 100 valence electrons. The molecule has 0 amide bonds. The van der Waals surface area contributed by atoms with Gasteiger partial charge in [0.25, 0.3) is 0 Å². The van der Waals surface area contributed by atoms with Crippen LogP contribution in [0.4, 0.5) is 0 Å². The van der Waals surface area contributed by atoms with Crippen LogP contribution in [0.2, 0.25) is 0 Å². The zero-order valence-electron chi connectivity index (χ0n) is 11.3. The van der Waals surface area contributed by atoms with Gasteiger partial charge in [-0.3, -0.25) is 4.99 Å². The smallest absolute Gasteiger partial charge is 0.133 e. The number of aldehydes is 1. The Morgan fingerprint density at radius 3 is 2.55 bits per heavy atom. The fourth-order valence-corrected chi connectivity index (χ4v) is 2.77. The average Bonchev–Trinajstić information content (AvgIpc) is 2.53. The van der Waals surface area contributed by atoms with Crippen LogP contribution < -0.4 is 0 Å². The molecule has 0 N–H and O–H groups in total. The second kappa shape index (κ2) is 5.83. The number of hydrogen-bond donors (Lipinski definition) is 0. The van der Waals surface area contributed by atoms with E-state index in [0.29, 0.717) is 6.54 Å². The first-order valence-corrected chi connectivity index (χ1v) is 6.98. The summed E-state index contributed by atoms with van der Waals surface area (Å²) in [6.07, 6.45) is 2.89. The quantitative estimate of drug-likeness (QED) is 0.779. The molecule has 0 saturated heterocycles. The van der Waals surface area contributed by atoms with Gasteiger partial charge in [0.1, 0.15) is 6.29 Å². The fraction of sp³-hybridized carbons (Fsp3) is 0.222. The van der Waals surface area contributed by atoms with E-state index < -0.39 is 0 Å². The van der Waals surface area contributed by atoms with Crippen LogP contribution in [0.5, 0.6) is 0 Å². The first-order valence-electron chi connectivity index (χ1n) is 6.98. The predicted octanol–water partition coefficient (Wildman–Crippen LogP) is 3.56. The molecule has 0 aliphatic heterocycles. The second-order valence-corrected chi connectivity index (χ2v) is 5.11. The number of rotatable bonds is 3. The highest BCUT2D eigenvalue weighted by Crippen LogP contribution is 2.28. The molecule has 1 unspecified atom stereocenters. The van der Waals surface area contributed by atoms with Crippen LogP contribution in [0.3, 0.4) is 0 Å². The lowest BCUT2D eigenvalue weighted by Gasteiger charge is -2.23. The van der Waals surface area contributed by atoms with Crippen LogP contribution in [0.15, 0.2) is 59.6 Å². The summed E-state index contributed by atoms with van der Waals surface area (Å²) in [4.78, 5) is 16.2. The maximum absolute atomic E-state index is 11.5. The SMILES string of the molecule is O=CC1C(=NCc2ccccc2)CCc2ccccc21. The van der Waals surface area contributed by atoms with Gasteiger partial charge in [-0.2, -0.15) is 0 Å². The molecule has 2 nitrogen and oxygen atoms in total. The van der Waals surface area contributed by atoms with Gasteiger partial charge in [0.15, 0.2) is 0 Å². The van der Waals surface area contributed by atoms with Crippen LogP contribution in [0.1, 0.15) is 29.0 Å². The third-order valence-corrected chi connectivity index (χ3v) is 3.84. The van der Waals surface area contributed by atoms with Crippen LogP contribution in [0, 0.1) is 0 Å². The first-order chi connectivity index (χ1) is 9.88. The lowest BCUT2D eigenvalue weighted by atomic mass is 9.82. The number of fused-ring (bicyclic) bond motifs is 1. The predicted molar refractivity (Wildman–Crippen MR) is 81.1 cm³/mol. The molecule has 1 aliphatic rings. The molecule has 1 atom stereocenters. The molecule has 0 heterocycles. The van der Waals surface area contributed by atoms with E-state index in [9.17, 15) is 4.79 Å². The van der Waals surface area contributed by atoms with Gasteiger partial charge in [0.05, 0.1) is 12.5 Å². The van der Waals surface area contributed by atoms with Crippen LogP contribution in [0.25, 0.3) is 0 Å². The van der Waals surface area contributed by atoms with Gasteiger partial charge < -0.3 is 4.79 Å². The Balaban J connectivity index is 1.86. The van der Waals surface area contributed by atoms with Gasteiger partial charge in [0, 0.05) is 5.71 Å². The number of hydrogen-bond acceptors (Lipinski definition) is 2. The van der Waals surface area contributed by atoms with Crippen molar-refractivity contribution in [2.45, 2.75) is 25.3 Å². The number of aryl methyl sites for hydroxylation is 1. The monoisotopic (exact) mass is 263 g/mol. The van der Waals surface area contributed by atoms with Crippen molar-refractivity contribution in [2.24, 2.45) is 4.99 Å². The Kier molecular flexibility index (Phi) is 3.73. The molecule has 0 spiro atoms. The Morgan fingerprint density at radius 1 is 1.00 bits per heavy atom. The zero-order valence-corrected chi connectivity index (χ0v) is 11.3. The number of carbonyl (C=O) groups is 1. The molecule has 0 fully saturated rings. The minimum Gasteiger partial charge on any atom is -0.302 e. The van der Waals surface area contributed by atoms with Crippen molar-refractivity contribution in [1.29, 1.82) is 0 Å². The molecule has 0 aromatic heterocycles. The van der Waals surface area contributed by atoms with Gasteiger partial charge in [-0.05, 0) is 29.5 Å². The highest BCUT2D eigenvalue weighted by Gasteiger charge is 2.24. The highest BCUT2D eigenvalue weighted by molar-refractivity contribution is 6.04. The third-order valence-electron chi connectivity index (χ3n) is 3.84. The summed E-state index contributed by atoms with van der Waals surface area (Å²) >= 11 is 0. The van der Waals surface area contributed by atoms with Gasteiger partial charge in [-0.15, -0.1) is 0 Å². The number of nitrogens with zero attached hydrogens (tertiary/aromatic N) is 1. The topological polar surface area (TPSA) is 29.4 Å². The third kappa shape index (κ3) is 2.55. The molecule has 3 rings (SSSR count). The minimum absolute atomic E-state index is 0.163. The Labute approximate surface area is 119 Å². The minimum atomic E-state index is -0.163. The second-order valence-electron chi connectivity index (χ2n) is 5.11. The van der Waals surface area contributed by atoms with Crippen LogP contribution in [-0.2, 0) is 17.8 Å². The van der Waals surface area contributed by atoms with Crippen molar-refractivity contribution in [3.63, 3.8) is 0 Å². The Morgan fingerprint density at radius 2 is 1.75 bits per heavy atom. The largest absolute Gasteiger partial charge is 0.302 e. The van der Waals surface area contributed by atoms with Crippen molar-refractivity contribution in [3.05, 3.63) is 71.3 Å². The summed E-state index contributed by atoms with van der Waals surface area (Å²) in [7, 11) is 0. The van der Waals surface area contributed by atoms with E-state index in [0.717, 1.165) is 30.4 Å². The molecule has 0 saturated carbocycles. The number of benzene rings is 2. The molecule has 2 aromatic rings. The summed E-state index contributed by atoms with van der Waals surface area (Å²) in [6.45, 7) is 0.655. The molecule has 20 heavy (non-hydrogen) atoms. The van der Waals surface area contributed by atoms with E-state index in [4.69, 9.17) is 0 Å². The van der Waals surface area contributed by atoms with Gasteiger partial charge in [-0.25, -0.2) is 0 Å². The molecule has 0 bridgehead atoms. The maximum Gasteiger partial charge on any atom is 0.133 e. The van der Waals surface area contributed by atoms with E-state index in [2.05, 4.69) is 23.2 Å². The molecular weight excluding hydrogens is 246 g/mol. The normalized spacial score (nSPS) is 19.6. The van der Waals surface area contributed by atoms with Gasteiger partial charge in [-0.1, -0.05) is 54.6 Å². The van der Waals surface area contributed by atoms with Crippen LogP contribution >= 0.6 is 0 Å². The van der Waals surface area contributed by atoms with E-state index in [1.165, 1.54) is 11.1 Å². The van der Waals surface area contributed by atoms with Gasteiger partial charge >= 0.3 is 0 Å². The van der Waals surface area contributed by atoms with E-state index in [-0.39, 0.29) is 5.92 Å². The van der Waals surface area contributed by atoms with Crippen molar-refractivity contribution in [3.8, 4) is 0 Å². The standard InChI is InChI=1S/C18H17NO/c20-13-17-16-9-5-4-8-15(16)10-11-18(17)19-12-14-6-2-1-3-7-14/h1-9,13,17H,10-12H2. The zero-order chi connectivity index (χ0) is 13.8. The highest BCUT2D eigenvalue weighted by atomic mass is 16.1. The van der Waals surface area contributed by atoms with E-state index in [1.807, 2.05) is 36.4 Å². The maximum atomic E-state index is 11.5. The molecule has 2 aromatic carbocycles. The summed E-state index contributed by atoms with van der Waals surface area (Å²) in [5.41, 5.74) is 4.61. The molecule has 0 radical (unpaired) electrons. The summed E-state index contributed by atoms with van der Waals surface area (Å²) in [5, 5.41) is 0. The number of aliphatic imine (C=N–C) groups is 1. The van der Waals surface area contributed by atoms with Crippen molar-refractivity contribution < 1.29 is 4.79 Å². The molecular formula is C18H17NO. The van der Waals surface area contributed by atoms with Crippen molar-refractivity contribution >= 4 is 12.0 Å².